The molecule has 0 amide bonds. The Morgan fingerprint density at radius 3 is 0.926 bits per heavy atom. The van der Waals surface area contributed by atoms with E-state index in [-0.39, 0.29) is 97.1 Å². The molecule has 0 aromatic carbocycles. The summed E-state index contributed by atoms with van der Waals surface area (Å²) in [6.07, 6.45) is 6.72. The van der Waals surface area contributed by atoms with E-state index in [0.29, 0.717) is 38.5 Å². The van der Waals surface area contributed by atoms with E-state index in [1.54, 1.807) is 0 Å². The molecule has 5 rings (SSSR count). The summed E-state index contributed by atoms with van der Waals surface area (Å²) in [5, 5.41) is 0. The number of hydrogen-bond acceptors (Lipinski definition) is 12. The molecule has 5 aliphatic heterocycles. The largest absolute Gasteiger partial charge is 0.462 e. The van der Waals surface area contributed by atoms with Gasteiger partial charge in [0.15, 0.2) is 0 Å². The molecule has 0 radical (unpaired) electrons. The van der Waals surface area contributed by atoms with Gasteiger partial charge in [-0.1, -0.05) is 13.8 Å². The third-order valence-electron chi connectivity index (χ3n) is 12.6. The van der Waals surface area contributed by atoms with E-state index >= 15 is 0 Å². The molecule has 5 fully saturated rings. The molecule has 0 aromatic rings. The molecule has 0 saturated carbocycles. The van der Waals surface area contributed by atoms with Crippen molar-refractivity contribution < 1.29 is 57.1 Å². The monoisotopic (exact) mass is 764 g/mol. The van der Waals surface area contributed by atoms with Crippen LogP contribution >= 0.6 is 0 Å². The second-order valence-corrected chi connectivity index (χ2v) is 17.0. The minimum absolute atomic E-state index is 0.115. The fourth-order valence-corrected chi connectivity index (χ4v) is 8.88. The molecule has 54 heavy (non-hydrogen) atoms. The second kappa shape index (κ2) is 19.7. The van der Waals surface area contributed by atoms with Gasteiger partial charge in [-0.2, -0.15) is 0 Å². The average molecular weight is 765 g/mol. The van der Waals surface area contributed by atoms with Gasteiger partial charge in [0.1, 0.15) is 24.4 Å². The molecule has 12 heteroatoms. The van der Waals surface area contributed by atoms with Crippen LogP contribution in [0.3, 0.4) is 0 Å². The number of carbonyl (C=O) groups is 4. The summed E-state index contributed by atoms with van der Waals surface area (Å²) >= 11 is 0. The van der Waals surface area contributed by atoms with Crippen LogP contribution in [0, 0.1) is 23.7 Å². The normalized spacial score (nSPS) is 44.0. The smallest absolute Gasteiger partial charge is 0.311 e. The molecule has 16 atom stereocenters. The first-order valence-corrected chi connectivity index (χ1v) is 21.2. The summed E-state index contributed by atoms with van der Waals surface area (Å²) in [4.78, 5) is 53.0. The van der Waals surface area contributed by atoms with Crippen LogP contribution in [-0.2, 0) is 57.1 Å². The third kappa shape index (κ3) is 11.4. The van der Waals surface area contributed by atoms with Gasteiger partial charge in [-0.3, -0.25) is 19.2 Å². The van der Waals surface area contributed by atoms with Crippen LogP contribution in [0.1, 0.15) is 145 Å². The molecule has 5 saturated heterocycles. The minimum Gasteiger partial charge on any atom is -0.462 e. The van der Waals surface area contributed by atoms with E-state index in [4.69, 9.17) is 37.9 Å². The molecule has 0 spiro atoms. The lowest BCUT2D eigenvalue weighted by molar-refractivity contribution is -0.162. The standard InChI is InChI=1S/C42H68O12/c1-9-29-21-33-13-17-35(51-33)25(5)39(43)47-24(4)20-32-12-16-38(50-32)28(8)42(46)54-30(10-2)22-34-14-18-36(52-34)26(6)40(44)48-23(3)19-31-11-15-37(49-31)27(7)41(45)53-29/h23-38H,9-22H2,1-8H3/t23-,24+,25-,26-,27+,28-,29+,30+,31+,32+,33+,34+,35+,36+,37+,38+/m0/s1. The van der Waals surface area contributed by atoms with Gasteiger partial charge in [-0.25, -0.2) is 0 Å². The Morgan fingerprint density at radius 2 is 0.648 bits per heavy atom. The Hall–Kier alpha value is -2.28. The number of ether oxygens (including phenoxy) is 8. The van der Waals surface area contributed by atoms with Crippen LogP contribution < -0.4 is 0 Å². The van der Waals surface area contributed by atoms with Crippen molar-refractivity contribution in [2.24, 2.45) is 23.7 Å². The lowest BCUT2D eigenvalue weighted by atomic mass is 9.99. The van der Waals surface area contributed by atoms with E-state index in [9.17, 15) is 19.2 Å². The first-order chi connectivity index (χ1) is 25.7. The maximum absolute atomic E-state index is 13.3. The van der Waals surface area contributed by atoms with Gasteiger partial charge in [0.05, 0.1) is 72.5 Å². The van der Waals surface area contributed by atoms with Crippen LogP contribution in [0.25, 0.3) is 0 Å². The summed E-state index contributed by atoms with van der Waals surface area (Å²) < 4.78 is 49.0. The third-order valence-corrected chi connectivity index (χ3v) is 12.6. The van der Waals surface area contributed by atoms with Crippen molar-refractivity contribution in [3.63, 3.8) is 0 Å². The van der Waals surface area contributed by atoms with Crippen LogP contribution in [-0.4, -0.2) is 97.1 Å². The highest BCUT2D eigenvalue weighted by molar-refractivity contribution is 5.74. The number of hydrogen-bond donors (Lipinski definition) is 0. The van der Waals surface area contributed by atoms with Crippen molar-refractivity contribution in [3.05, 3.63) is 0 Å². The Kier molecular flexibility index (Phi) is 15.7. The summed E-state index contributed by atoms with van der Waals surface area (Å²) in [5.41, 5.74) is 0. The number of rotatable bonds is 2. The van der Waals surface area contributed by atoms with Gasteiger partial charge in [0.25, 0.3) is 0 Å². The highest BCUT2D eigenvalue weighted by atomic mass is 16.6. The fourth-order valence-electron chi connectivity index (χ4n) is 8.88. The van der Waals surface area contributed by atoms with Gasteiger partial charge in [0, 0.05) is 25.7 Å². The van der Waals surface area contributed by atoms with Crippen molar-refractivity contribution in [3.8, 4) is 0 Å². The SMILES string of the molecule is CC[C@@H]1C[C@H]2CC[C@@H](O2)[C@H](C)C(=O)O[C@@H](C)C[C@H]2CC[C@@H](O2)[C@@H](C)C(=O)O[C@H](CC)C[C@H]2CC[C@@H](O2)[C@H](C)C(=O)O[C@H](C)C[C@H]2CC[C@@H](O2)[C@H](C)C(=O)O1. The van der Waals surface area contributed by atoms with Gasteiger partial charge in [-0.15, -0.1) is 0 Å². The van der Waals surface area contributed by atoms with Crippen molar-refractivity contribution in [2.75, 3.05) is 0 Å². The lowest BCUT2D eigenvalue weighted by Crippen LogP contribution is -2.34. The van der Waals surface area contributed by atoms with Gasteiger partial charge in [-0.05, 0) is 106 Å². The molecular weight excluding hydrogens is 696 g/mol. The maximum Gasteiger partial charge on any atom is 0.311 e. The van der Waals surface area contributed by atoms with Gasteiger partial charge in [0.2, 0.25) is 0 Å². The topological polar surface area (TPSA) is 142 Å². The predicted molar refractivity (Wildman–Crippen MR) is 198 cm³/mol. The van der Waals surface area contributed by atoms with Crippen LogP contribution in [0.2, 0.25) is 0 Å². The second-order valence-electron chi connectivity index (χ2n) is 17.0. The van der Waals surface area contributed by atoms with Gasteiger partial charge >= 0.3 is 23.9 Å². The molecule has 308 valence electrons. The van der Waals surface area contributed by atoms with E-state index in [2.05, 4.69) is 0 Å². The van der Waals surface area contributed by atoms with Crippen molar-refractivity contribution in [1.82, 2.24) is 0 Å². The van der Waals surface area contributed by atoms with Crippen LogP contribution in [0.5, 0.6) is 0 Å². The minimum atomic E-state index is -0.435. The van der Waals surface area contributed by atoms with Crippen molar-refractivity contribution in [1.29, 1.82) is 0 Å². The molecule has 12 nitrogen and oxygen atoms in total. The molecular formula is C42H68O12. The first kappa shape index (κ1) is 42.9. The Morgan fingerprint density at radius 1 is 0.389 bits per heavy atom. The van der Waals surface area contributed by atoms with E-state index in [1.807, 2.05) is 55.4 Å². The number of cyclic esters (lactones) is 4. The van der Waals surface area contributed by atoms with Crippen LogP contribution in [0.4, 0.5) is 0 Å². The molecule has 0 aromatic heterocycles. The first-order valence-electron chi connectivity index (χ1n) is 21.2. The Bertz CT molecular complexity index is 1160. The molecule has 8 bridgehead atoms. The number of carbonyl (C=O) groups excluding carboxylic acids is 4. The van der Waals surface area contributed by atoms with Crippen molar-refractivity contribution in [2.45, 2.75) is 219 Å². The molecule has 0 N–H and O–H groups in total. The average Bonchev–Trinajstić information content (AvgIpc) is 3.98. The lowest BCUT2D eigenvalue weighted by Gasteiger charge is -2.26. The Labute approximate surface area is 322 Å². The zero-order chi connectivity index (χ0) is 39.1. The quantitative estimate of drug-likeness (QED) is 0.216. The summed E-state index contributed by atoms with van der Waals surface area (Å²) in [6, 6.07) is 0. The van der Waals surface area contributed by atoms with E-state index in [0.717, 1.165) is 51.4 Å². The van der Waals surface area contributed by atoms with E-state index in [1.165, 1.54) is 0 Å². The number of esters is 4. The zero-order valence-corrected chi connectivity index (χ0v) is 34.0. The van der Waals surface area contributed by atoms with E-state index < -0.39 is 23.7 Å². The predicted octanol–water partition coefficient (Wildman–Crippen LogP) is 6.80. The molecule has 0 unspecified atom stereocenters. The maximum atomic E-state index is 13.3. The Balaban J connectivity index is 1.22. The molecule has 5 heterocycles. The summed E-state index contributed by atoms with van der Waals surface area (Å²) in [5.74, 6) is -2.88. The highest BCUT2D eigenvalue weighted by Crippen LogP contribution is 2.35. The zero-order valence-electron chi connectivity index (χ0n) is 34.0. The van der Waals surface area contributed by atoms with Crippen LogP contribution in [0.15, 0.2) is 0 Å². The summed E-state index contributed by atoms with van der Waals surface area (Å²) in [6.45, 7) is 15.2. The van der Waals surface area contributed by atoms with Crippen molar-refractivity contribution >= 4 is 23.9 Å². The molecule has 5 aliphatic rings. The fraction of sp³-hybridized carbons (Fsp3) is 0.905. The number of fused-ring (bicyclic) bond motifs is 8. The molecule has 0 aliphatic carbocycles. The summed E-state index contributed by atoms with van der Waals surface area (Å²) in [7, 11) is 0. The highest BCUT2D eigenvalue weighted by Gasteiger charge is 2.41. The van der Waals surface area contributed by atoms with Gasteiger partial charge < -0.3 is 37.9 Å².